The third-order valence-electron chi connectivity index (χ3n) is 2.98. The predicted octanol–water partition coefficient (Wildman–Crippen LogP) is 1.58. The maximum Gasteiger partial charge on any atom is 0.217 e. The maximum atomic E-state index is 12.2. The van der Waals surface area contributed by atoms with E-state index >= 15 is 0 Å². The van der Waals surface area contributed by atoms with Gasteiger partial charge in [0.05, 0.1) is 10.3 Å². The summed E-state index contributed by atoms with van der Waals surface area (Å²) in [5, 5.41) is 0. The van der Waals surface area contributed by atoms with Crippen molar-refractivity contribution in [3.63, 3.8) is 0 Å². The van der Waals surface area contributed by atoms with E-state index in [2.05, 4.69) is 4.72 Å². The Morgan fingerprint density at radius 3 is 2.00 bits per heavy atom. The van der Waals surface area contributed by atoms with Crippen molar-refractivity contribution in [1.29, 1.82) is 0 Å². The lowest BCUT2D eigenvalue weighted by atomic mass is 9.94. The smallest absolute Gasteiger partial charge is 0.217 e. The van der Waals surface area contributed by atoms with Gasteiger partial charge in [-0.2, -0.15) is 0 Å². The molecule has 1 aromatic rings. The zero-order valence-electron chi connectivity index (χ0n) is 11.4. The summed E-state index contributed by atoms with van der Waals surface area (Å²) in [5.74, 6) is 0. The summed E-state index contributed by atoms with van der Waals surface area (Å²) in [6.45, 7) is 6.99. The minimum absolute atomic E-state index is 0.201. The molecule has 0 spiro atoms. The molecule has 0 saturated carbocycles. The quantitative estimate of drug-likeness (QED) is 0.872. The molecule has 18 heavy (non-hydrogen) atoms. The highest BCUT2D eigenvalue weighted by atomic mass is 32.2. The van der Waals surface area contributed by atoms with Crippen LogP contribution < -0.4 is 10.5 Å². The normalized spacial score (nSPS) is 16.3. The van der Waals surface area contributed by atoms with Crippen LogP contribution in [0.25, 0.3) is 0 Å². The summed E-state index contributed by atoms with van der Waals surface area (Å²) in [4.78, 5) is 0. The van der Waals surface area contributed by atoms with E-state index in [1.165, 1.54) is 0 Å². The minimum atomic E-state index is -3.45. The van der Waals surface area contributed by atoms with E-state index in [4.69, 9.17) is 5.73 Å². The van der Waals surface area contributed by atoms with E-state index in [1.54, 1.807) is 27.7 Å². The van der Waals surface area contributed by atoms with Crippen LogP contribution in [0, 0.1) is 0 Å². The van der Waals surface area contributed by atoms with Crippen molar-refractivity contribution in [1.82, 2.24) is 4.72 Å². The monoisotopic (exact) mass is 270 g/mol. The number of nitrogens with one attached hydrogen (secondary N) is 1. The number of benzene rings is 1. The molecule has 0 aliphatic heterocycles. The number of hydrogen-bond acceptors (Lipinski definition) is 3. The largest absolute Gasteiger partial charge is 0.328 e. The van der Waals surface area contributed by atoms with Gasteiger partial charge in [-0.05, 0) is 33.3 Å². The molecular weight excluding hydrogens is 248 g/mol. The van der Waals surface area contributed by atoms with Crippen LogP contribution in [0.3, 0.4) is 0 Å². The first-order valence-electron chi connectivity index (χ1n) is 5.91. The Labute approximate surface area is 110 Å². The minimum Gasteiger partial charge on any atom is -0.328 e. The summed E-state index contributed by atoms with van der Waals surface area (Å²) in [6.07, 6.45) is 0. The molecule has 1 unspecified atom stereocenters. The van der Waals surface area contributed by atoms with Crippen LogP contribution in [0.15, 0.2) is 30.3 Å². The van der Waals surface area contributed by atoms with Gasteiger partial charge in [0.1, 0.15) is 0 Å². The second kappa shape index (κ2) is 4.99. The predicted molar refractivity (Wildman–Crippen MR) is 74.7 cm³/mol. The SMILES string of the molecule is CC(CN)(NS(=O)(=O)C(C)(C)C)c1ccccc1. The van der Waals surface area contributed by atoms with Gasteiger partial charge in [0, 0.05) is 6.54 Å². The molecule has 0 aliphatic rings. The van der Waals surface area contributed by atoms with Crippen molar-refractivity contribution < 1.29 is 8.42 Å². The third kappa shape index (κ3) is 3.10. The molecule has 102 valence electrons. The van der Waals surface area contributed by atoms with E-state index in [9.17, 15) is 8.42 Å². The lowest BCUT2D eigenvalue weighted by Gasteiger charge is -2.33. The van der Waals surface area contributed by atoms with Gasteiger partial charge in [-0.25, -0.2) is 13.1 Å². The Hall–Kier alpha value is -0.910. The zero-order chi connectivity index (χ0) is 14.0. The molecular formula is C13H22N2O2S. The average molecular weight is 270 g/mol. The van der Waals surface area contributed by atoms with Crippen LogP contribution in [-0.2, 0) is 15.6 Å². The Balaban J connectivity index is 3.13. The van der Waals surface area contributed by atoms with E-state index < -0.39 is 20.3 Å². The van der Waals surface area contributed by atoms with E-state index in [1.807, 2.05) is 30.3 Å². The summed E-state index contributed by atoms with van der Waals surface area (Å²) in [6, 6.07) is 9.37. The molecule has 0 aromatic heterocycles. The molecule has 0 bridgehead atoms. The van der Waals surface area contributed by atoms with Crippen LogP contribution >= 0.6 is 0 Å². The average Bonchev–Trinajstić information content (AvgIpc) is 2.28. The van der Waals surface area contributed by atoms with Gasteiger partial charge in [0.15, 0.2) is 0 Å². The number of rotatable bonds is 4. The standard InChI is InChI=1S/C13H22N2O2S/c1-12(2,3)18(16,17)15-13(4,10-14)11-8-6-5-7-9-11/h5-9,15H,10,14H2,1-4H3. The highest BCUT2D eigenvalue weighted by Crippen LogP contribution is 2.24. The van der Waals surface area contributed by atoms with Crippen LogP contribution in [0.2, 0.25) is 0 Å². The summed E-state index contributed by atoms with van der Waals surface area (Å²) >= 11 is 0. The first-order chi connectivity index (χ1) is 8.12. The van der Waals surface area contributed by atoms with E-state index in [0.29, 0.717) is 0 Å². The Morgan fingerprint density at radius 1 is 1.11 bits per heavy atom. The second-order valence-corrected chi connectivity index (χ2v) is 8.06. The van der Waals surface area contributed by atoms with Crippen molar-refractivity contribution in [2.75, 3.05) is 6.54 Å². The molecule has 3 N–H and O–H groups in total. The van der Waals surface area contributed by atoms with Crippen molar-refractivity contribution >= 4 is 10.0 Å². The maximum absolute atomic E-state index is 12.2. The van der Waals surface area contributed by atoms with Gasteiger partial charge in [-0.15, -0.1) is 0 Å². The van der Waals surface area contributed by atoms with Gasteiger partial charge in [-0.1, -0.05) is 30.3 Å². The molecule has 0 aliphatic carbocycles. The highest BCUT2D eigenvalue weighted by Gasteiger charge is 2.36. The number of nitrogens with two attached hydrogens (primary N) is 1. The number of hydrogen-bond donors (Lipinski definition) is 2. The van der Waals surface area contributed by atoms with Gasteiger partial charge in [-0.3, -0.25) is 0 Å². The van der Waals surface area contributed by atoms with Crippen molar-refractivity contribution in [2.45, 2.75) is 38.0 Å². The van der Waals surface area contributed by atoms with Crippen molar-refractivity contribution in [3.8, 4) is 0 Å². The molecule has 0 radical (unpaired) electrons. The molecule has 5 heteroatoms. The molecule has 0 saturated heterocycles. The van der Waals surface area contributed by atoms with Gasteiger partial charge in [0.2, 0.25) is 10.0 Å². The third-order valence-corrected chi connectivity index (χ3v) is 5.32. The van der Waals surface area contributed by atoms with Gasteiger partial charge >= 0.3 is 0 Å². The highest BCUT2D eigenvalue weighted by molar-refractivity contribution is 7.90. The summed E-state index contributed by atoms with van der Waals surface area (Å²) < 4.78 is 26.3. The lowest BCUT2D eigenvalue weighted by molar-refractivity contribution is 0.430. The Bertz CT molecular complexity index is 491. The van der Waals surface area contributed by atoms with E-state index in [-0.39, 0.29) is 6.54 Å². The Morgan fingerprint density at radius 2 is 1.61 bits per heavy atom. The zero-order valence-corrected chi connectivity index (χ0v) is 12.2. The molecule has 0 amide bonds. The van der Waals surface area contributed by atoms with Crippen molar-refractivity contribution in [2.24, 2.45) is 5.73 Å². The van der Waals surface area contributed by atoms with Crippen LogP contribution in [0.5, 0.6) is 0 Å². The Kier molecular flexibility index (Phi) is 4.20. The van der Waals surface area contributed by atoms with Crippen LogP contribution in [0.4, 0.5) is 0 Å². The summed E-state index contributed by atoms with van der Waals surface area (Å²) in [7, 11) is -3.45. The number of sulfonamides is 1. The second-order valence-electron chi connectivity index (χ2n) is 5.62. The molecule has 0 heterocycles. The molecule has 1 atom stereocenters. The summed E-state index contributed by atoms with van der Waals surface area (Å²) in [5.41, 5.74) is 5.84. The van der Waals surface area contributed by atoms with Crippen molar-refractivity contribution in [3.05, 3.63) is 35.9 Å². The first kappa shape index (κ1) is 15.1. The van der Waals surface area contributed by atoms with Crippen LogP contribution in [0.1, 0.15) is 33.3 Å². The molecule has 0 fully saturated rings. The molecule has 1 rings (SSSR count). The fourth-order valence-electron chi connectivity index (χ4n) is 1.47. The molecule has 4 nitrogen and oxygen atoms in total. The topological polar surface area (TPSA) is 72.2 Å². The first-order valence-corrected chi connectivity index (χ1v) is 7.40. The van der Waals surface area contributed by atoms with Gasteiger partial charge < -0.3 is 5.73 Å². The lowest BCUT2D eigenvalue weighted by Crippen LogP contribution is -2.53. The fraction of sp³-hybridized carbons (Fsp3) is 0.538. The van der Waals surface area contributed by atoms with Gasteiger partial charge in [0.25, 0.3) is 0 Å². The fourth-order valence-corrected chi connectivity index (χ4v) is 2.57. The van der Waals surface area contributed by atoms with E-state index in [0.717, 1.165) is 5.56 Å². The van der Waals surface area contributed by atoms with Crippen LogP contribution in [-0.4, -0.2) is 19.7 Å². The molecule has 1 aromatic carbocycles.